The Labute approximate surface area is 151 Å². The van der Waals surface area contributed by atoms with Crippen LogP contribution in [0.15, 0.2) is 38.3 Å². The molecule has 0 unspecified atom stereocenters. The molecule has 3 rings (SSSR count). The summed E-state index contributed by atoms with van der Waals surface area (Å²) in [5.41, 5.74) is 1.01. The smallest absolute Gasteiger partial charge is 0.250 e. The van der Waals surface area contributed by atoms with Gasteiger partial charge in [0.2, 0.25) is 5.91 Å². The molecule has 1 aromatic carbocycles. The number of benzene rings is 1. The number of nitrogens with zero attached hydrogens (tertiary/aromatic N) is 1. The first-order chi connectivity index (χ1) is 11.3. The zero-order chi connectivity index (χ0) is 17.5. The molecule has 1 fully saturated rings. The van der Waals surface area contributed by atoms with E-state index in [-0.39, 0.29) is 15.9 Å². The molecular formula is C15H14BrFN2O3S2. The lowest BCUT2D eigenvalue weighted by molar-refractivity contribution is -0.118. The second-order valence-corrected chi connectivity index (χ2v) is 9.85. The molecule has 128 valence electrons. The van der Waals surface area contributed by atoms with Crippen molar-refractivity contribution in [1.82, 2.24) is 4.72 Å². The largest absolute Gasteiger partial charge is 0.311 e. The maximum absolute atomic E-state index is 13.4. The maximum Gasteiger partial charge on any atom is 0.250 e. The third-order valence-electron chi connectivity index (χ3n) is 3.77. The van der Waals surface area contributed by atoms with Gasteiger partial charge in [-0.25, -0.2) is 12.8 Å². The van der Waals surface area contributed by atoms with Gasteiger partial charge in [0, 0.05) is 12.2 Å². The summed E-state index contributed by atoms with van der Waals surface area (Å²) in [6.07, 6.45) is 0.362. The molecule has 5 nitrogen and oxygen atoms in total. The second-order valence-electron chi connectivity index (χ2n) is 5.44. The van der Waals surface area contributed by atoms with Crippen LogP contribution < -0.4 is 9.62 Å². The Kier molecular flexibility index (Phi) is 4.78. The summed E-state index contributed by atoms with van der Waals surface area (Å²) >= 11 is 4.30. The highest BCUT2D eigenvalue weighted by molar-refractivity contribution is 9.11. The van der Waals surface area contributed by atoms with Gasteiger partial charge in [0.25, 0.3) is 10.0 Å². The zero-order valence-electron chi connectivity index (χ0n) is 12.6. The van der Waals surface area contributed by atoms with Crippen molar-refractivity contribution in [2.75, 3.05) is 11.4 Å². The number of hydrogen-bond acceptors (Lipinski definition) is 4. The molecule has 9 heteroatoms. The molecule has 0 saturated carbocycles. The van der Waals surface area contributed by atoms with Crippen LogP contribution in [0.5, 0.6) is 0 Å². The van der Waals surface area contributed by atoms with Crippen LogP contribution in [0.4, 0.5) is 10.1 Å². The van der Waals surface area contributed by atoms with Gasteiger partial charge in [-0.2, -0.15) is 4.72 Å². The van der Waals surface area contributed by atoms with Crippen molar-refractivity contribution in [1.29, 1.82) is 0 Å². The number of rotatable bonds is 4. The van der Waals surface area contributed by atoms with Gasteiger partial charge < -0.3 is 4.90 Å². The van der Waals surface area contributed by atoms with Gasteiger partial charge >= 0.3 is 0 Å². The Morgan fingerprint density at radius 2 is 2.08 bits per heavy atom. The molecule has 1 N–H and O–H groups in total. The number of hydrogen-bond donors (Lipinski definition) is 1. The number of aryl methyl sites for hydroxylation is 1. The van der Waals surface area contributed by atoms with Crippen molar-refractivity contribution in [2.24, 2.45) is 0 Å². The fraction of sp³-hybridized carbons (Fsp3) is 0.267. The van der Waals surface area contributed by atoms with Crippen LogP contribution in [-0.2, 0) is 14.8 Å². The highest BCUT2D eigenvalue weighted by atomic mass is 79.9. The average Bonchev–Trinajstić information content (AvgIpc) is 3.10. The molecule has 0 aliphatic carbocycles. The van der Waals surface area contributed by atoms with E-state index in [2.05, 4.69) is 20.7 Å². The average molecular weight is 433 g/mol. The molecule has 1 aromatic heterocycles. The van der Waals surface area contributed by atoms with Gasteiger partial charge in [-0.15, -0.1) is 11.3 Å². The van der Waals surface area contributed by atoms with Crippen molar-refractivity contribution in [3.63, 3.8) is 0 Å². The third kappa shape index (κ3) is 3.39. The summed E-state index contributed by atoms with van der Waals surface area (Å²) in [4.78, 5) is 14.0. The minimum Gasteiger partial charge on any atom is -0.311 e. The predicted octanol–water partition coefficient (Wildman–Crippen LogP) is 3.04. The second kappa shape index (κ2) is 6.55. The topological polar surface area (TPSA) is 66.5 Å². The van der Waals surface area contributed by atoms with Gasteiger partial charge in [-0.3, -0.25) is 4.79 Å². The molecule has 24 heavy (non-hydrogen) atoms. The number of sulfonamides is 1. The molecule has 1 aliphatic rings. The highest BCUT2D eigenvalue weighted by Gasteiger charge is 2.36. The quantitative estimate of drug-likeness (QED) is 0.806. The van der Waals surface area contributed by atoms with Crippen molar-refractivity contribution >= 4 is 48.9 Å². The Balaban J connectivity index is 1.78. The molecule has 1 aliphatic heterocycles. The standard InChI is InChI=1S/C15H14BrFN2O3S2/c1-9-8-10(2-3-11(9)17)19-7-6-12(15(19)20)18-24(21,22)14-5-4-13(16)23-14/h2-5,8,12,18H,6-7H2,1H3/t12-/m1/s1. The Morgan fingerprint density at radius 3 is 2.71 bits per heavy atom. The first-order valence-corrected chi connectivity index (χ1v) is 10.2. The van der Waals surface area contributed by atoms with E-state index in [0.717, 1.165) is 11.3 Å². The van der Waals surface area contributed by atoms with Crippen LogP contribution in [0, 0.1) is 12.7 Å². The van der Waals surface area contributed by atoms with Crippen LogP contribution in [0.2, 0.25) is 0 Å². The summed E-state index contributed by atoms with van der Waals surface area (Å²) in [6, 6.07) is 6.72. The number of nitrogens with one attached hydrogen (secondary N) is 1. The van der Waals surface area contributed by atoms with Gasteiger partial charge in [0.15, 0.2) is 0 Å². The van der Waals surface area contributed by atoms with Gasteiger partial charge in [-0.1, -0.05) is 0 Å². The van der Waals surface area contributed by atoms with Crippen LogP contribution in [0.3, 0.4) is 0 Å². The molecule has 0 bridgehead atoms. The Hall–Kier alpha value is -1.29. The first-order valence-electron chi connectivity index (χ1n) is 7.13. The minimum atomic E-state index is -3.75. The molecule has 1 saturated heterocycles. The Morgan fingerprint density at radius 1 is 1.33 bits per heavy atom. The lowest BCUT2D eigenvalue weighted by Gasteiger charge is -2.18. The van der Waals surface area contributed by atoms with Crippen LogP contribution in [0.25, 0.3) is 0 Å². The number of amides is 1. The number of halogens is 2. The van der Waals surface area contributed by atoms with Crippen molar-refractivity contribution in [2.45, 2.75) is 23.6 Å². The fourth-order valence-electron chi connectivity index (χ4n) is 2.53. The van der Waals surface area contributed by atoms with E-state index in [1.54, 1.807) is 19.1 Å². The van der Waals surface area contributed by atoms with Crippen molar-refractivity contribution in [3.05, 3.63) is 45.5 Å². The summed E-state index contributed by atoms with van der Waals surface area (Å²) < 4.78 is 41.4. The van der Waals surface area contributed by atoms with E-state index in [1.165, 1.54) is 23.1 Å². The lowest BCUT2D eigenvalue weighted by atomic mass is 10.2. The molecule has 2 heterocycles. The molecular weight excluding hydrogens is 419 g/mol. The van der Waals surface area contributed by atoms with Crippen molar-refractivity contribution in [3.8, 4) is 0 Å². The van der Waals surface area contributed by atoms with Crippen LogP contribution in [-0.4, -0.2) is 26.9 Å². The fourth-order valence-corrected chi connectivity index (χ4v) is 5.78. The minimum absolute atomic E-state index is 0.151. The van der Waals surface area contributed by atoms with E-state index < -0.39 is 16.1 Å². The number of thiophene rings is 1. The summed E-state index contributed by atoms with van der Waals surface area (Å²) in [5.74, 6) is -0.675. The lowest BCUT2D eigenvalue weighted by Crippen LogP contribution is -2.41. The third-order valence-corrected chi connectivity index (χ3v) is 7.36. The van der Waals surface area contributed by atoms with Crippen LogP contribution in [0.1, 0.15) is 12.0 Å². The maximum atomic E-state index is 13.4. The Bertz CT molecular complexity index is 898. The van der Waals surface area contributed by atoms with E-state index in [1.807, 2.05) is 0 Å². The zero-order valence-corrected chi connectivity index (χ0v) is 15.8. The van der Waals surface area contributed by atoms with E-state index in [0.29, 0.717) is 28.0 Å². The van der Waals surface area contributed by atoms with E-state index in [9.17, 15) is 17.6 Å². The number of anilines is 1. The van der Waals surface area contributed by atoms with Crippen molar-refractivity contribution < 1.29 is 17.6 Å². The number of carbonyl (C=O) groups excluding carboxylic acids is 1. The number of carbonyl (C=O) groups is 1. The van der Waals surface area contributed by atoms with Gasteiger partial charge in [0.05, 0.1) is 3.79 Å². The molecule has 1 atom stereocenters. The summed E-state index contributed by atoms with van der Waals surface area (Å²) in [6.45, 7) is 2.00. The monoisotopic (exact) mass is 432 g/mol. The van der Waals surface area contributed by atoms with Gasteiger partial charge in [-0.05, 0) is 65.2 Å². The van der Waals surface area contributed by atoms with Crippen LogP contribution >= 0.6 is 27.3 Å². The summed E-state index contributed by atoms with van der Waals surface area (Å²) in [7, 11) is -3.75. The molecule has 1 amide bonds. The molecule has 0 radical (unpaired) electrons. The van der Waals surface area contributed by atoms with Gasteiger partial charge in [0.1, 0.15) is 16.1 Å². The highest BCUT2D eigenvalue weighted by Crippen LogP contribution is 2.28. The normalized spacial score (nSPS) is 18.4. The van der Waals surface area contributed by atoms with E-state index >= 15 is 0 Å². The van der Waals surface area contributed by atoms with E-state index in [4.69, 9.17) is 0 Å². The molecule has 0 spiro atoms. The SMILES string of the molecule is Cc1cc(N2CC[C@@H](NS(=O)(=O)c3ccc(Br)s3)C2=O)ccc1F. The first kappa shape index (κ1) is 17.5. The molecule has 2 aromatic rings. The summed E-state index contributed by atoms with van der Waals surface area (Å²) in [5, 5.41) is 0. The predicted molar refractivity (Wildman–Crippen MR) is 94.2 cm³/mol.